The Labute approximate surface area is 599 Å². The quantitative estimate of drug-likeness (QED) is 0.0173. The van der Waals surface area contributed by atoms with Gasteiger partial charge in [0.2, 0.25) is 17.7 Å². The molecule has 3 atom stereocenters. The van der Waals surface area contributed by atoms with Crippen molar-refractivity contribution in [1.29, 1.82) is 0 Å². The number of nitrogens with zero attached hydrogens (tertiary/aromatic N) is 7. The highest BCUT2D eigenvalue weighted by molar-refractivity contribution is 5.90. The van der Waals surface area contributed by atoms with Crippen LogP contribution in [0.1, 0.15) is 106 Å². The molecule has 0 saturated carbocycles. The first-order chi connectivity index (χ1) is 49.3. The maximum atomic E-state index is 14.8. The van der Waals surface area contributed by atoms with Crippen molar-refractivity contribution < 1.29 is 124 Å². The maximum Gasteiger partial charge on any atom is 0.317 e. The number of carbonyl (C=O) groups excluding carboxylic acids is 3. The first-order valence-corrected chi connectivity index (χ1v) is 33.3. The molecule has 105 heavy (non-hydrogen) atoms. The Hall–Kier alpha value is -10.6. The fourth-order valence-corrected chi connectivity index (χ4v) is 12.5. The second kappa shape index (κ2) is 39.9. The average Bonchev–Trinajstić information content (AvgIpc) is 1.60. The number of carbonyl (C=O) groups is 13. The van der Waals surface area contributed by atoms with Gasteiger partial charge < -0.3 is 96.7 Å². The number of amides is 3. The van der Waals surface area contributed by atoms with Crippen LogP contribution in [0.25, 0.3) is 24.3 Å². The van der Waals surface area contributed by atoms with Gasteiger partial charge in [-0.3, -0.25) is 91.7 Å². The Bertz CT molecular complexity index is 4120. The molecule has 1 aliphatic rings. The molecule has 1 aliphatic heterocycles. The molecule has 5 heterocycles. The summed E-state index contributed by atoms with van der Waals surface area (Å²) in [6.07, 6.45) is 4.47. The van der Waals surface area contributed by atoms with Crippen molar-refractivity contribution in [3.05, 3.63) is 88.7 Å². The van der Waals surface area contributed by atoms with Crippen LogP contribution in [0.2, 0.25) is 0 Å². The number of hydrogen-bond acceptors (Lipinski definition) is 21. The van der Waals surface area contributed by atoms with Crippen molar-refractivity contribution in [2.45, 2.75) is 92.0 Å². The van der Waals surface area contributed by atoms with Gasteiger partial charge in [0.25, 0.3) is 0 Å². The topological polar surface area (TPSA) is 573 Å². The van der Waals surface area contributed by atoms with Crippen molar-refractivity contribution in [2.75, 3.05) is 131 Å². The average molecular weight is 1480 g/mol. The minimum Gasteiger partial charge on any atom is -0.481 e. The van der Waals surface area contributed by atoms with Gasteiger partial charge in [0.15, 0.2) is 0 Å². The molecule has 3 unspecified atom stereocenters. The zero-order valence-electron chi connectivity index (χ0n) is 59.0. The van der Waals surface area contributed by atoms with Crippen molar-refractivity contribution in [1.82, 2.24) is 64.9 Å². The fraction of sp³-hybridized carbons (Fsp3) is 0.507. The number of aliphatic hydroxyl groups excluding tert-OH is 2. The number of nitrogens with one attached hydrogen (secondary N) is 6. The second-order valence-corrected chi connectivity index (χ2v) is 25.5. The first kappa shape index (κ1) is 85.0. The molecule has 0 spiro atoms. The summed E-state index contributed by atoms with van der Waals surface area (Å²) in [5, 5.41) is 129. The Morgan fingerprint density at radius 3 is 1.21 bits per heavy atom. The monoisotopic (exact) mass is 1480 g/mol. The number of aromatic nitrogens is 4. The summed E-state index contributed by atoms with van der Waals surface area (Å²) in [6, 6.07) is -1.75. The highest BCUT2D eigenvalue weighted by Crippen LogP contribution is 2.30. The van der Waals surface area contributed by atoms with E-state index in [1.54, 1.807) is 63.5 Å². The van der Waals surface area contributed by atoms with Gasteiger partial charge in [-0.2, -0.15) is 0 Å². The molecule has 0 fully saturated rings. The number of fused-ring (bicyclic) bond motifs is 8. The van der Waals surface area contributed by atoms with E-state index in [9.17, 15) is 124 Å². The third-order valence-corrected chi connectivity index (χ3v) is 17.4. The molecular weight excluding hydrogens is 1390 g/mol. The number of hydrogen-bond donors (Lipinski definition) is 18. The molecule has 4 aromatic heterocycles. The molecule has 5 rings (SSSR count). The molecule has 0 radical (unpaired) electrons. The molecule has 0 aromatic carbocycles. The predicted octanol–water partition coefficient (Wildman–Crippen LogP) is -5.32. The normalized spacial score (nSPS) is 12.8. The summed E-state index contributed by atoms with van der Waals surface area (Å²) in [6.45, 7) is -0.593. The van der Waals surface area contributed by atoms with Gasteiger partial charge in [-0.15, -0.1) is 0 Å². The number of aliphatic hydroxyl groups is 2. The van der Waals surface area contributed by atoms with Crippen molar-refractivity contribution >= 4 is 102 Å². The fourth-order valence-electron chi connectivity index (χ4n) is 12.5. The minimum atomic E-state index is -1.75. The predicted molar refractivity (Wildman–Crippen MR) is 369 cm³/mol. The number of H-pyrrole nitrogens is 3. The largest absolute Gasteiger partial charge is 0.481 e. The number of carboxylic acids is 10. The van der Waals surface area contributed by atoms with E-state index in [2.05, 4.69) is 30.9 Å². The lowest BCUT2D eigenvalue weighted by Gasteiger charge is -2.28. The van der Waals surface area contributed by atoms with Gasteiger partial charge in [0, 0.05) is 140 Å². The van der Waals surface area contributed by atoms with Gasteiger partial charge in [-0.05, 0) is 112 Å². The molecule has 8 bridgehead atoms. The first-order valence-electron chi connectivity index (χ1n) is 33.3. The molecule has 18 N–H and O–H groups in total. The Morgan fingerprint density at radius 1 is 0.390 bits per heavy atom. The van der Waals surface area contributed by atoms with Crippen LogP contribution in [0.5, 0.6) is 0 Å². The molecule has 0 aliphatic carbocycles. The number of aromatic amines is 3. The van der Waals surface area contributed by atoms with E-state index in [1.807, 2.05) is 6.92 Å². The van der Waals surface area contributed by atoms with Crippen molar-refractivity contribution in [3.8, 4) is 0 Å². The summed E-state index contributed by atoms with van der Waals surface area (Å²) in [4.78, 5) is 178. The third-order valence-electron chi connectivity index (χ3n) is 17.4. The lowest BCUT2D eigenvalue weighted by molar-refractivity contribution is -0.144. The Balaban J connectivity index is 1.60. The molecule has 38 heteroatoms. The number of aliphatic carboxylic acids is 10. The van der Waals surface area contributed by atoms with Crippen LogP contribution in [0.15, 0.2) is 0 Å². The van der Waals surface area contributed by atoms with Gasteiger partial charge in [0.1, 0.15) is 6.04 Å². The van der Waals surface area contributed by atoms with Gasteiger partial charge in [-0.25, -0.2) is 0 Å². The summed E-state index contributed by atoms with van der Waals surface area (Å²) < 4.78 is 1.78. The zero-order chi connectivity index (χ0) is 78.3. The SMILES string of the molecule is Cc1c2[nH]c(c1CCC(=O)O)C=c1[nH]c(c(C)c1CCC(=O)O)=Cc1c(C)c(C(C)O)c(n1CCNC(=O)C(CNC(=O)CN(CCN(CCN(CC(=O)O)CC(=O)O)CC(=O)O)CC(=O)O)NC(=O)CN(CCN(CCN(CC(=O)O)CC(=O)O)CC(=O)O)CC(=O)O)C=c1[nH]c(c(C(C)O)c1C)=C2. The molecular formula is C67H93N13O25. The summed E-state index contributed by atoms with van der Waals surface area (Å²) in [5.74, 6) is -16.2. The van der Waals surface area contributed by atoms with E-state index >= 15 is 0 Å². The van der Waals surface area contributed by atoms with E-state index < -0.39 is 168 Å². The molecule has 3 amide bonds. The van der Waals surface area contributed by atoms with Crippen LogP contribution in [0.4, 0.5) is 0 Å². The van der Waals surface area contributed by atoms with Crippen LogP contribution in [0, 0.1) is 27.7 Å². The third kappa shape index (κ3) is 26.9. The Morgan fingerprint density at radius 2 is 0.771 bits per heavy atom. The smallest absolute Gasteiger partial charge is 0.317 e. The van der Waals surface area contributed by atoms with Gasteiger partial charge in [0.05, 0.1) is 77.7 Å². The Kier molecular flexibility index (Phi) is 32.3. The zero-order valence-corrected chi connectivity index (χ0v) is 59.0. The van der Waals surface area contributed by atoms with E-state index in [4.69, 9.17) is 0 Å². The molecule has 38 nitrogen and oxygen atoms in total. The summed E-state index contributed by atoms with van der Waals surface area (Å²) in [5.41, 5.74) is 6.57. The van der Waals surface area contributed by atoms with Crippen LogP contribution in [0.3, 0.4) is 0 Å². The summed E-state index contributed by atoms with van der Waals surface area (Å²) >= 11 is 0. The van der Waals surface area contributed by atoms with E-state index in [0.717, 1.165) is 19.6 Å². The van der Waals surface area contributed by atoms with Crippen LogP contribution >= 0.6 is 0 Å². The minimum absolute atomic E-state index is 0.0479. The van der Waals surface area contributed by atoms with E-state index in [1.165, 1.54) is 9.80 Å². The van der Waals surface area contributed by atoms with Crippen LogP contribution < -0.4 is 37.3 Å². The van der Waals surface area contributed by atoms with E-state index in [0.29, 0.717) is 88.7 Å². The second-order valence-electron chi connectivity index (χ2n) is 25.5. The number of carboxylic acid groups (broad SMARTS) is 10. The highest BCUT2D eigenvalue weighted by Gasteiger charge is 2.29. The van der Waals surface area contributed by atoms with Crippen molar-refractivity contribution in [2.24, 2.45) is 0 Å². The highest BCUT2D eigenvalue weighted by atomic mass is 16.4. The molecule has 0 saturated heterocycles. The molecule has 4 aromatic rings. The lowest BCUT2D eigenvalue weighted by Crippen LogP contribution is -2.56. The van der Waals surface area contributed by atoms with Crippen LogP contribution in [-0.4, -0.2) is 325 Å². The standard InChI is InChI=1S/C67H93N13O25/c1-36-42(7-9-55(85)86)47-22-48-43(8-10-56(87)88)37(2)45(71-48)23-51-39(4)66(41(6)82)52(24-46-38(3)65(40(5)81)49(72-46)21-44(36)70-47)80(51)12-11-68-67(105)50(73-54(84)27-77(31-60(95)96)18-14-75(29-58(91)92)16-20-79(34-63(101)102)35-64(103)104)25-69-53(83)26-76(30-59(93)94)17-13-74(28-57(89)90)15-19-78(32-61(97)98)33-62(99)100/h21-24,40-41,50,70-72,81-82H,7-20,25-35H2,1-6H3,(H,68,105)(H,69,83)(H,73,84)(H,85,86)(H,87,88)(H,89,90)(H,91,92)(H,93,94)(H,95,96)(H,97,98)(H,99,100)(H,101,102)(H,103,104). The van der Waals surface area contributed by atoms with Gasteiger partial charge in [-0.1, -0.05) is 0 Å². The van der Waals surface area contributed by atoms with E-state index in [-0.39, 0.29) is 91.1 Å². The van der Waals surface area contributed by atoms with Gasteiger partial charge >= 0.3 is 59.7 Å². The van der Waals surface area contributed by atoms with Crippen LogP contribution in [-0.2, 0) is 81.7 Å². The maximum absolute atomic E-state index is 14.8. The van der Waals surface area contributed by atoms with Crippen molar-refractivity contribution in [3.63, 3.8) is 0 Å². The molecule has 576 valence electrons. The number of rotatable bonds is 47. The summed E-state index contributed by atoms with van der Waals surface area (Å²) in [7, 11) is 0. The lowest BCUT2D eigenvalue weighted by atomic mass is 10.0.